The van der Waals surface area contributed by atoms with Crippen LogP contribution in [-0.2, 0) is 6.54 Å². The Bertz CT molecular complexity index is 1200. The Hall–Kier alpha value is -2.95. The summed E-state index contributed by atoms with van der Waals surface area (Å²) in [5.74, 6) is 0.455. The number of para-hydroxylation sites is 1. The Kier molecular flexibility index (Phi) is 5.47. The summed E-state index contributed by atoms with van der Waals surface area (Å²) in [6, 6.07) is 20.0. The van der Waals surface area contributed by atoms with E-state index in [1.807, 2.05) is 48.5 Å². The third kappa shape index (κ3) is 3.82. The maximum absolute atomic E-state index is 13.2. The van der Waals surface area contributed by atoms with Crippen molar-refractivity contribution in [2.75, 3.05) is 12.4 Å². The van der Waals surface area contributed by atoms with Gasteiger partial charge in [-0.05, 0) is 42.0 Å². The highest BCUT2D eigenvalue weighted by molar-refractivity contribution is 6.32. The molecule has 0 saturated carbocycles. The van der Waals surface area contributed by atoms with Crippen LogP contribution in [0.1, 0.15) is 21.7 Å². The molecule has 1 N–H and O–H groups in total. The fraction of sp³-hybridized carbons (Fsp3) is 0.0870. The second kappa shape index (κ2) is 8.19. The van der Waals surface area contributed by atoms with Crippen molar-refractivity contribution >= 4 is 45.6 Å². The molecule has 0 saturated heterocycles. The second-order valence-electron chi connectivity index (χ2n) is 6.43. The summed E-state index contributed by atoms with van der Waals surface area (Å²) in [6.45, 7) is 0.451. The molecule has 4 rings (SSSR count). The summed E-state index contributed by atoms with van der Waals surface area (Å²) in [5.41, 5.74) is 2.58. The summed E-state index contributed by atoms with van der Waals surface area (Å²) in [4.78, 5) is 13.2. The number of furan rings is 1. The van der Waals surface area contributed by atoms with Gasteiger partial charge in [0.25, 0.3) is 0 Å². The molecule has 0 fully saturated rings. The molecular formula is C23H17Cl2NO3. The quantitative estimate of drug-likeness (QED) is 0.354. The Morgan fingerprint density at radius 2 is 1.76 bits per heavy atom. The first kappa shape index (κ1) is 19.4. The Morgan fingerprint density at radius 3 is 2.52 bits per heavy atom. The van der Waals surface area contributed by atoms with E-state index in [4.69, 9.17) is 32.4 Å². The zero-order chi connectivity index (χ0) is 20.4. The number of rotatable bonds is 6. The van der Waals surface area contributed by atoms with Gasteiger partial charge in [0.15, 0.2) is 5.76 Å². The second-order valence-corrected chi connectivity index (χ2v) is 7.24. The van der Waals surface area contributed by atoms with E-state index in [2.05, 4.69) is 5.32 Å². The van der Waals surface area contributed by atoms with Gasteiger partial charge in [-0.2, -0.15) is 0 Å². The zero-order valence-corrected chi connectivity index (χ0v) is 17.1. The lowest BCUT2D eigenvalue weighted by Gasteiger charge is -2.09. The lowest BCUT2D eigenvalue weighted by molar-refractivity contribution is 0.101. The summed E-state index contributed by atoms with van der Waals surface area (Å²) in [6.07, 6.45) is 0. The SMILES string of the molecule is COc1ccc(C(=O)c2oc3ccccc3c2NCc2ccccc2Cl)cc1Cl. The average Bonchev–Trinajstić information content (AvgIpc) is 3.11. The molecule has 0 aliphatic rings. The molecule has 1 heterocycles. The van der Waals surface area contributed by atoms with Crippen LogP contribution in [-0.4, -0.2) is 12.9 Å². The highest BCUT2D eigenvalue weighted by Crippen LogP contribution is 2.34. The third-order valence-corrected chi connectivity index (χ3v) is 5.29. The monoisotopic (exact) mass is 425 g/mol. The summed E-state index contributed by atoms with van der Waals surface area (Å²) >= 11 is 12.5. The predicted molar refractivity (Wildman–Crippen MR) is 116 cm³/mol. The molecule has 0 radical (unpaired) electrons. The lowest BCUT2D eigenvalue weighted by Crippen LogP contribution is -2.06. The van der Waals surface area contributed by atoms with Crippen molar-refractivity contribution in [1.29, 1.82) is 0 Å². The van der Waals surface area contributed by atoms with Gasteiger partial charge in [-0.3, -0.25) is 4.79 Å². The number of halogens is 2. The maximum atomic E-state index is 13.2. The molecule has 0 unspecified atom stereocenters. The lowest BCUT2D eigenvalue weighted by atomic mass is 10.1. The van der Waals surface area contributed by atoms with Crippen LogP contribution in [0.4, 0.5) is 5.69 Å². The standard InChI is InChI=1S/C23H17Cl2NO3/c1-28-20-11-10-14(12-18(20)25)22(27)23-21(16-7-3-5-9-19(16)29-23)26-13-15-6-2-4-8-17(15)24/h2-12,26H,13H2,1H3. The molecule has 0 aliphatic heterocycles. The smallest absolute Gasteiger partial charge is 0.230 e. The summed E-state index contributed by atoms with van der Waals surface area (Å²) < 4.78 is 11.1. The first-order chi connectivity index (χ1) is 14.1. The molecule has 1 aromatic heterocycles. The first-order valence-corrected chi connectivity index (χ1v) is 9.71. The first-order valence-electron chi connectivity index (χ1n) is 8.95. The molecule has 0 bridgehead atoms. The molecule has 29 heavy (non-hydrogen) atoms. The van der Waals surface area contributed by atoms with Gasteiger partial charge in [-0.25, -0.2) is 0 Å². The van der Waals surface area contributed by atoms with Gasteiger partial charge < -0.3 is 14.5 Å². The van der Waals surface area contributed by atoms with Crippen LogP contribution in [0.15, 0.2) is 71.1 Å². The molecule has 4 nitrogen and oxygen atoms in total. The van der Waals surface area contributed by atoms with Crippen LogP contribution < -0.4 is 10.1 Å². The van der Waals surface area contributed by atoms with E-state index in [1.54, 1.807) is 18.2 Å². The molecule has 4 aromatic rings. The average molecular weight is 426 g/mol. The van der Waals surface area contributed by atoms with Crippen molar-refractivity contribution < 1.29 is 13.9 Å². The van der Waals surface area contributed by atoms with Gasteiger partial charge >= 0.3 is 0 Å². The van der Waals surface area contributed by atoms with E-state index in [0.29, 0.717) is 39.2 Å². The molecule has 0 spiro atoms. The minimum atomic E-state index is -0.271. The van der Waals surface area contributed by atoms with Crippen LogP contribution >= 0.6 is 23.2 Å². The number of anilines is 1. The van der Waals surface area contributed by atoms with Crippen molar-refractivity contribution in [3.05, 3.63) is 93.7 Å². The van der Waals surface area contributed by atoms with Crippen LogP contribution in [0.3, 0.4) is 0 Å². The van der Waals surface area contributed by atoms with E-state index in [9.17, 15) is 4.79 Å². The van der Waals surface area contributed by atoms with Gasteiger partial charge in [0.05, 0.1) is 17.8 Å². The Labute approximate surface area is 178 Å². The minimum Gasteiger partial charge on any atom is -0.495 e. The Balaban J connectivity index is 1.74. The van der Waals surface area contributed by atoms with Crippen molar-refractivity contribution in [2.45, 2.75) is 6.54 Å². The number of nitrogens with one attached hydrogen (secondary N) is 1. The number of fused-ring (bicyclic) bond motifs is 1. The molecule has 0 amide bonds. The number of carbonyl (C=O) groups is 1. The molecular weight excluding hydrogens is 409 g/mol. The molecule has 146 valence electrons. The van der Waals surface area contributed by atoms with E-state index < -0.39 is 0 Å². The topological polar surface area (TPSA) is 51.5 Å². The fourth-order valence-corrected chi connectivity index (χ4v) is 3.61. The molecule has 3 aromatic carbocycles. The predicted octanol–water partition coefficient (Wildman–Crippen LogP) is 6.59. The number of ether oxygens (including phenoxy) is 1. The highest BCUT2D eigenvalue weighted by Gasteiger charge is 2.22. The van der Waals surface area contributed by atoms with Crippen molar-refractivity contribution in [3.8, 4) is 5.75 Å². The molecule has 0 atom stereocenters. The van der Waals surface area contributed by atoms with Crippen molar-refractivity contribution in [2.24, 2.45) is 0 Å². The maximum Gasteiger partial charge on any atom is 0.230 e. The number of benzene rings is 3. The van der Waals surface area contributed by atoms with Gasteiger partial charge in [0.1, 0.15) is 11.3 Å². The van der Waals surface area contributed by atoms with Crippen LogP contribution in [0.25, 0.3) is 11.0 Å². The number of ketones is 1. The van der Waals surface area contributed by atoms with Crippen molar-refractivity contribution in [1.82, 2.24) is 0 Å². The van der Waals surface area contributed by atoms with E-state index in [0.717, 1.165) is 10.9 Å². The highest BCUT2D eigenvalue weighted by atomic mass is 35.5. The van der Waals surface area contributed by atoms with Gasteiger partial charge in [-0.1, -0.05) is 53.5 Å². The number of hydrogen-bond acceptors (Lipinski definition) is 4. The van der Waals surface area contributed by atoms with Crippen LogP contribution in [0, 0.1) is 0 Å². The fourth-order valence-electron chi connectivity index (χ4n) is 3.14. The largest absolute Gasteiger partial charge is 0.495 e. The number of carbonyl (C=O) groups excluding carboxylic acids is 1. The summed E-state index contributed by atoms with van der Waals surface area (Å²) in [5, 5.41) is 5.16. The van der Waals surface area contributed by atoms with Gasteiger partial charge in [0, 0.05) is 22.5 Å². The minimum absolute atomic E-state index is 0.222. The van der Waals surface area contributed by atoms with Crippen LogP contribution in [0.2, 0.25) is 10.0 Å². The zero-order valence-electron chi connectivity index (χ0n) is 15.5. The normalized spacial score (nSPS) is 10.9. The third-order valence-electron chi connectivity index (χ3n) is 4.63. The molecule has 6 heteroatoms. The van der Waals surface area contributed by atoms with E-state index in [-0.39, 0.29) is 11.5 Å². The Morgan fingerprint density at radius 1 is 1.00 bits per heavy atom. The van der Waals surface area contributed by atoms with Gasteiger partial charge in [0.2, 0.25) is 5.78 Å². The number of hydrogen-bond donors (Lipinski definition) is 1. The van der Waals surface area contributed by atoms with E-state index in [1.165, 1.54) is 7.11 Å². The molecule has 0 aliphatic carbocycles. The summed E-state index contributed by atoms with van der Waals surface area (Å²) in [7, 11) is 1.53. The van der Waals surface area contributed by atoms with E-state index >= 15 is 0 Å². The van der Waals surface area contributed by atoms with Gasteiger partial charge in [-0.15, -0.1) is 0 Å². The number of methoxy groups -OCH3 is 1. The van der Waals surface area contributed by atoms with Crippen molar-refractivity contribution in [3.63, 3.8) is 0 Å². The van der Waals surface area contributed by atoms with Crippen LogP contribution in [0.5, 0.6) is 5.75 Å².